The van der Waals surface area contributed by atoms with Crippen LogP contribution in [0.1, 0.15) is 35.6 Å². The molecule has 0 aliphatic heterocycles. The molecule has 0 aliphatic carbocycles. The topological polar surface area (TPSA) is 90.5 Å². The molecule has 0 unspecified atom stereocenters. The summed E-state index contributed by atoms with van der Waals surface area (Å²) >= 11 is 5.76. The summed E-state index contributed by atoms with van der Waals surface area (Å²) in [6, 6.07) is 12.4. The van der Waals surface area contributed by atoms with E-state index in [0.717, 1.165) is 31.6 Å². The fourth-order valence-corrected chi connectivity index (χ4v) is 3.14. The normalized spacial score (nSPS) is 11.5. The van der Waals surface area contributed by atoms with Crippen molar-refractivity contribution in [3.8, 4) is 5.75 Å². The monoisotopic (exact) mass is 456 g/mol. The van der Waals surface area contributed by atoms with Gasteiger partial charge in [-0.05, 0) is 55.2 Å². The van der Waals surface area contributed by atoms with Crippen molar-refractivity contribution in [2.45, 2.75) is 25.9 Å². The average molecular weight is 457 g/mol. The van der Waals surface area contributed by atoms with Gasteiger partial charge in [-0.3, -0.25) is 0 Å². The number of halogens is 2. The maximum Gasteiger partial charge on any atom is 0.218 e. The summed E-state index contributed by atoms with van der Waals surface area (Å²) in [7, 11) is 0. The number of nitrogens with two attached hydrogens (primary N) is 2. The maximum atomic E-state index is 13.8. The first-order valence-electron chi connectivity index (χ1n) is 10.2. The summed E-state index contributed by atoms with van der Waals surface area (Å²) in [5.41, 5.74) is 7.58. The lowest BCUT2D eigenvalue weighted by atomic mass is 10.1. The highest BCUT2D eigenvalue weighted by Gasteiger charge is 2.05. The zero-order valence-electron chi connectivity index (χ0n) is 17.6. The van der Waals surface area contributed by atoms with E-state index in [0.29, 0.717) is 22.2 Å². The van der Waals surface area contributed by atoms with Crippen LogP contribution in [0.4, 0.5) is 4.39 Å². The van der Waals surface area contributed by atoms with E-state index in [4.69, 9.17) is 32.3 Å². The molecule has 0 atom stereocenters. The SMILES string of the molecule is N/C=C\N(N)CCCCc1ccc(OCc2coc(/C=C/c3ccc(Cl)cc3F)n2)cc1. The number of hydrogen-bond donors (Lipinski definition) is 2. The fourth-order valence-electron chi connectivity index (χ4n) is 2.98. The van der Waals surface area contributed by atoms with Gasteiger partial charge >= 0.3 is 0 Å². The molecule has 0 saturated heterocycles. The highest BCUT2D eigenvalue weighted by atomic mass is 35.5. The first-order valence-corrected chi connectivity index (χ1v) is 10.6. The molecule has 6 nitrogen and oxygen atoms in total. The van der Waals surface area contributed by atoms with Crippen LogP contribution >= 0.6 is 11.6 Å². The van der Waals surface area contributed by atoms with Crippen LogP contribution in [-0.2, 0) is 13.0 Å². The summed E-state index contributed by atoms with van der Waals surface area (Å²) in [4.78, 5) is 4.33. The van der Waals surface area contributed by atoms with Crippen LogP contribution < -0.4 is 16.3 Å². The lowest BCUT2D eigenvalue weighted by molar-refractivity contribution is 0.301. The molecule has 4 N–H and O–H groups in total. The summed E-state index contributed by atoms with van der Waals surface area (Å²) in [6.07, 6.45) is 10.8. The summed E-state index contributed by atoms with van der Waals surface area (Å²) in [5.74, 6) is 6.45. The summed E-state index contributed by atoms with van der Waals surface area (Å²) in [5, 5.41) is 1.93. The number of ether oxygens (including phenoxy) is 1. The van der Waals surface area contributed by atoms with Gasteiger partial charge in [0, 0.05) is 35.6 Å². The zero-order chi connectivity index (χ0) is 22.8. The molecule has 2 aromatic carbocycles. The smallest absolute Gasteiger partial charge is 0.218 e. The molecular formula is C24H26ClFN4O2. The Balaban J connectivity index is 1.44. The first kappa shape index (κ1) is 23.4. The molecule has 32 heavy (non-hydrogen) atoms. The Labute approximate surface area is 191 Å². The second-order valence-corrected chi connectivity index (χ2v) is 7.58. The van der Waals surface area contributed by atoms with E-state index < -0.39 is 5.82 Å². The summed E-state index contributed by atoms with van der Waals surface area (Å²) in [6.45, 7) is 1.03. The molecule has 8 heteroatoms. The number of hydrazine groups is 1. The van der Waals surface area contributed by atoms with Crippen molar-refractivity contribution in [2.75, 3.05) is 6.54 Å². The molecule has 3 rings (SSSR count). The van der Waals surface area contributed by atoms with Crippen LogP contribution in [0, 0.1) is 5.82 Å². The van der Waals surface area contributed by atoms with Gasteiger partial charge in [-0.2, -0.15) is 0 Å². The maximum absolute atomic E-state index is 13.8. The minimum Gasteiger partial charge on any atom is -0.487 e. The van der Waals surface area contributed by atoms with Crippen LogP contribution in [0.25, 0.3) is 12.2 Å². The second-order valence-electron chi connectivity index (χ2n) is 7.15. The number of aryl methyl sites for hydroxylation is 1. The molecule has 0 saturated carbocycles. The van der Waals surface area contributed by atoms with Crippen LogP contribution in [0.5, 0.6) is 5.75 Å². The van der Waals surface area contributed by atoms with E-state index in [1.54, 1.807) is 35.5 Å². The molecule has 168 valence electrons. The molecule has 0 radical (unpaired) electrons. The Bertz CT molecular complexity index is 1050. The van der Waals surface area contributed by atoms with Gasteiger partial charge in [-0.15, -0.1) is 0 Å². The predicted molar refractivity (Wildman–Crippen MR) is 125 cm³/mol. The van der Waals surface area contributed by atoms with Gasteiger partial charge in [0.1, 0.15) is 30.1 Å². The van der Waals surface area contributed by atoms with Crippen molar-refractivity contribution in [3.63, 3.8) is 0 Å². The molecule has 0 aliphatic rings. The van der Waals surface area contributed by atoms with Crippen molar-refractivity contribution in [2.24, 2.45) is 11.6 Å². The van der Waals surface area contributed by atoms with Gasteiger partial charge in [0.15, 0.2) is 0 Å². The largest absolute Gasteiger partial charge is 0.487 e. The lowest BCUT2D eigenvalue weighted by Crippen LogP contribution is -2.26. The van der Waals surface area contributed by atoms with E-state index >= 15 is 0 Å². The average Bonchev–Trinajstić information content (AvgIpc) is 3.23. The van der Waals surface area contributed by atoms with Gasteiger partial charge in [-0.25, -0.2) is 15.2 Å². The van der Waals surface area contributed by atoms with E-state index in [9.17, 15) is 4.39 Å². The fraction of sp³-hybridized carbons (Fsp3) is 0.208. The molecule has 0 spiro atoms. The van der Waals surface area contributed by atoms with E-state index in [2.05, 4.69) is 4.98 Å². The van der Waals surface area contributed by atoms with Crippen LogP contribution in [-0.4, -0.2) is 16.5 Å². The predicted octanol–water partition coefficient (Wildman–Crippen LogP) is 5.14. The third-order valence-electron chi connectivity index (χ3n) is 4.66. The van der Waals surface area contributed by atoms with Crippen molar-refractivity contribution in [1.82, 2.24) is 9.99 Å². The van der Waals surface area contributed by atoms with Crippen molar-refractivity contribution >= 4 is 23.8 Å². The molecule has 1 heterocycles. The molecular weight excluding hydrogens is 431 g/mol. The van der Waals surface area contributed by atoms with Gasteiger partial charge in [-0.1, -0.05) is 29.8 Å². The number of hydrogen-bond acceptors (Lipinski definition) is 6. The van der Waals surface area contributed by atoms with Crippen molar-refractivity contribution < 1.29 is 13.5 Å². The van der Waals surface area contributed by atoms with E-state index in [-0.39, 0.29) is 6.61 Å². The van der Waals surface area contributed by atoms with Crippen molar-refractivity contribution in [3.05, 3.63) is 94.7 Å². The minimum absolute atomic E-state index is 0.271. The Hall–Kier alpha value is -3.29. The molecule has 0 fully saturated rings. The van der Waals surface area contributed by atoms with Crippen LogP contribution in [0.2, 0.25) is 5.02 Å². The first-order chi connectivity index (χ1) is 15.5. The van der Waals surface area contributed by atoms with Crippen LogP contribution in [0.15, 0.2) is 65.5 Å². The molecule has 3 aromatic rings. The van der Waals surface area contributed by atoms with Gasteiger partial charge in [0.25, 0.3) is 0 Å². The Morgan fingerprint density at radius 3 is 2.69 bits per heavy atom. The minimum atomic E-state index is -0.405. The number of unbranched alkanes of at least 4 members (excludes halogenated alkanes) is 1. The third kappa shape index (κ3) is 7.44. The van der Waals surface area contributed by atoms with E-state index in [1.165, 1.54) is 24.1 Å². The Morgan fingerprint density at radius 1 is 1.12 bits per heavy atom. The number of oxazole rings is 1. The number of aromatic nitrogens is 1. The third-order valence-corrected chi connectivity index (χ3v) is 4.89. The molecule has 0 bridgehead atoms. The van der Waals surface area contributed by atoms with Gasteiger partial charge < -0.3 is 19.9 Å². The number of rotatable bonds is 11. The summed E-state index contributed by atoms with van der Waals surface area (Å²) < 4.78 is 25.0. The van der Waals surface area contributed by atoms with Gasteiger partial charge in [0.05, 0.1) is 0 Å². The Morgan fingerprint density at radius 2 is 1.94 bits per heavy atom. The number of benzene rings is 2. The second kappa shape index (κ2) is 11.9. The highest BCUT2D eigenvalue weighted by Crippen LogP contribution is 2.18. The van der Waals surface area contributed by atoms with Gasteiger partial charge in [0.2, 0.25) is 5.89 Å². The quantitative estimate of drug-likeness (QED) is 0.236. The van der Waals surface area contributed by atoms with Crippen molar-refractivity contribution in [1.29, 1.82) is 0 Å². The molecule has 1 aromatic heterocycles. The van der Waals surface area contributed by atoms with Crippen LogP contribution in [0.3, 0.4) is 0 Å². The number of nitrogens with zero attached hydrogens (tertiary/aromatic N) is 2. The highest BCUT2D eigenvalue weighted by molar-refractivity contribution is 6.30. The standard InChI is InChI=1S/C24H26ClFN4O2/c25-20-8-6-19(23(26)15-20)7-11-24-29-21(17-32-24)16-31-22-9-4-18(5-10-22)3-1-2-13-30(28)14-12-27/h4-12,14-15,17H,1-3,13,16,27-28H2/b11-7+,14-12-. The molecule has 0 amide bonds. The zero-order valence-corrected chi connectivity index (χ0v) is 18.3. The Kier molecular flexibility index (Phi) is 8.71. The lowest BCUT2D eigenvalue weighted by Gasteiger charge is -2.12. The van der Waals surface area contributed by atoms with E-state index in [1.807, 2.05) is 24.3 Å².